The molecule has 1 saturated carbocycles. The molecule has 160 valence electrons. The number of carbonyl (C=O) groups excluding carboxylic acids is 1. The van der Waals surface area contributed by atoms with E-state index in [1.807, 2.05) is 24.0 Å². The van der Waals surface area contributed by atoms with Gasteiger partial charge in [-0.1, -0.05) is 18.2 Å². The first-order chi connectivity index (χ1) is 14.6. The summed E-state index contributed by atoms with van der Waals surface area (Å²) in [6, 6.07) is 9.12. The highest BCUT2D eigenvalue weighted by atomic mass is 32.1. The van der Waals surface area contributed by atoms with E-state index in [4.69, 9.17) is 4.99 Å². The second-order valence-electron chi connectivity index (χ2n) is 8.07. The summed E-state index contributed by atoms with van der Waals surface area (Å²) in [5.74, 6) is 0.705. The van der Waals surface area contributed by atoms with Gasteiger partial charge in [-0.15, -0.1) is 11.3 Å². The van der Waals surface area contributed by atoms with Gasteiger partial charge >= 0.3 is 0 Å². The van der Waals surface area contributed by atoms with E-state index in [9.17, 15) is 9.18 Å². The van der Waals surface area contributed by atoms with Gasteiger partial charge in [0.15, 0.2) is 5.96 Å². The summed E-state index contributed by atoms with van der Waals surface area (Å²) in [5.41, 5.74) is 1.86. The SMILES string of the molecule is CCNC(=NCC1(c2ccccc2F)CC1)NCCC(=O)N1CCc2sccc2C1. The van der Waals surface area contributed by atoms with E-state index in [2.05, 4.69) is 22.1 Å². The maximum atomic E-state index is 14.2. The topological polar surface area (TPSA) is 56.7 Å². The molecule has 1 aliphatic carbocycles. The summed E-state index contributed by atoms with van der Waals surface area (Å²) in [7, 11) is 0. The predicted octanol–water partition coefficient (Wildman–Crippen LogP) is 3.45. The predicted molar refractivity (Wildman–Crippen MR) is 119 cm³/mol. The number of amides is 1. The minimum atomic E-state index is -0.185. The summed E-state index contributed by atoms with van der Waals surface area (Å²) in [5, 5.41) is 8.61. The normalized spacial score (nSPS) is 17.4. The largest absolute Gasteiger partial charge is 0.357 e. The molecular weight excluding hydrogens is 399 g/mol. The van der Waals surface area contributed by atoms with E-state index in [0.29, 0.717) is 25.5 Å². The van der Waals surface area contributed by atoms with Crippen molar-refractivity contribution in [2.75, 3.05) is 26.2 Å². The number of halogens is 1. The number of hydrogen-bond acceptors (Lipinski definition) is 3. The number of aliphatic imine (C=N–C) groups is 1. The molecule has 7 heteroatoms. The molecule has 1 aromatic carbocycles. The van der Waals surface area contributed by atoms with Crippen molar-refractivity contribution in [3.63, 3.8) is 0 Å². The Morgan fingerprint density at radius 3 is 2.87 bits per heavy atom. The zero-order valence-corrected chi connectivity index (χ0v) is 18.2. The summed E-state index contributed by atoms with van der Waals surface area (Å²) in [6.45, 7) is 5.34. The molecule has 1 fully saturated rings. The van der Waals surface area contributed by atoms with Crippen molar-refractivity contribution in [1.82, 2.24) is 15.5 Å². The van der Waals surface area contributed by atoms with Crippen molar-refractivity contribution in [1.29, 1.82) is 0 Å². The lowest BCUT2D eigenvalue weighted by Crippen LogP contribution is -2.41. The molecule has 0 bridgehead atoms. The number of guanidine groups is 1. The van der Waals surface area contributed by atoms with Crippen molar-refractivity contribution in [2.24, 2.45) is 4.99 Å². The highest BCUT2D eigenvalue weighted by Gasteiger charge is 2.45. The first-order valence-corrected chi connectivity index (χ1v) is 11.6. The maximum Gasteiger partial charge on any atom is 0.224 e. The van der Waals surface area contributed by atoms with E-state index in [1.165, 1.54) is 16.5 Å². The summed E-state index contributed by atoms with van der Waals surface area (Å²) >= 11 is 1.78. The molecule has 1 aliphatic heterocycles. The fraction of sp³-hybridized carbons (Fsp3) is 0.478. The molecule has 2 heterocycles. The van der Waals surface area contributed by atoms with Crippen molar-refractivity contribution < 1.29 is 9.18 Å². The lowest BCUT2D eigenvalue weighted by molar-refractivity contribution is -0.131. The van der Waals surface area contributed by atoms with E-state index in [-0.39, 0.29) is 17.1 Å². The van der Waals surface area contributed by atoms with Gasteiger partial charge in [-0.2, -0.15) is 0 Å². The van der Waals surface area contributed by atoms with Crippen LogP contribution in [0.2, 0.25) is 0 Å². The molecule has 0 unspecified atom stereocenters. The second kappa shape index (κ2) is 9.16. The number of carbonyl (C=O) groups is 1. The summed E-state index contributed by atoms with van der Waals surface area (Å²) in [4.78, 5) is 20.7. The average Bonchev–Trinajstić information content (AvgIpc) is 3.39. The molecule has 2 aromatic rings. The highest BCUT2D eigenvalue weighted by Crippen LogP contribution is 2.49. The molecule has 0 saturated heterocycles. The van der Waals surface area contributed by atoms with Gasteiger partial charge in [-0.3, -0.25) is 9.79 Å². The Hall–Kier alpha value is -2.41. The fourth-order valence-electron chi connectivity index (χ4n) is 4.03. The van der Waals surface area contributed by atoms with Crippen LogP contribution in [0.1, 0.15) is 42.2 Å². The van der Waals surface area contributed by atoms with Crippen LogP contribution in [0.4, 0.5) is 4.39 Å². The van der Waals surface area contributed by atoms with Gasteiger partial charge in [0.05, 0.1) is 6.54 Å². The Kier molecular flexibility index (Phi) is 6.37. The van der Waals surface area contributed by atoms with Crippen molar-refractivity contribution in [2.45, 2.75) is 44.6 Å². The average molecular weight is 429 g/mol. The van der Waals surface area contributed by atoms with Crippen molar-refractivity contribution in [3.05, 3.63) is 57.5 Å². The maximum absolute atomic E-state index is 14.2. The summed E-state index contributed by atoms with van der Waals surface area (Å²) in [6.07, 6.45) is 3.29. The number of hydrogen-bond donors (Lipinski definition) is 2. The molecule has 2 aliphatic rings. The third-order valence-corrected chi connectivity index (χ3v) is 7.00. The molecule has 1 amide bonds. The number of nitrogens with zero attached hydrogens (tertiary/aromatic N) is 2. The van der Waals surface area contributed by atoms with Crippen LogP contribution < -0.4 is 10.6 Å². The fourth-order valence-corrected chi connectivity index (χ4v) is 4.92. The van der Waals surface area contributed by atoms with E-state index in [1.54, 1.807) is 17.4 Å². The van der Waals surface area contributed by atoms with E-state index < -0.39 is 0 Å². The van der Waals surface area contributed by atoms with Crippen LogP contribution in [0.3, 0.4) is 0 Å². The third-order valence-electron chi connectivity index (χ3n) is 5.97. The third kappa shape index (κ3) is 4.67. The molecule has 0 spiro atoms. The van der Waals surface area contributed by atoms with Crippen LogP contribution in [-0.4, -0.2) is 42.9 Å². The van der Waals surface area contributed by atoms with Gasteiger partial charge < -0.3 is 15.5 Å². The first kappa shape index (κ1) is 20.8. The Balaban J connectivity index is 1.30. The van der Waals surface area contributed by atoms with Crippen LogP contribution in [0.5, 0.6) is 0 Å². The van der Waals surface area contributed by atoms with Crippen LogP contribution in [-0.2, 0) is 23.2 Å². The highest BCUT2D eigenvalue weighted by molar-refractivity contribution is 7.10. The quantitative estimate of drug-likeness (QED) is 0.525. The van der Waals surface area contributed by atoms with Gasteiger partial charge in [-0.25, -0.2) is 4.39 Å². The van der Waals surface area contributed by atoms with Gasteiger partial charge in [-0.05, 0) is 54.8 Å². The van der Waals surface area contributed by atoms with E-state index >= 15 is 0 Å². The Bertz CT molecular complexity index is 921. The molecule has 2 N–H and O–H groups in total. The molecule has 1 aromatic heterocycles. The second-order valence-corrected chi connectivity index (χ2v) is 9.07. The van der Waals surface area contributed by atoms with Gasteiger partial charge in [0, 0.05) is 42.9 Å². The van der Waals surface area contributed by atoms with Crippen LogP contribution >= 0.6 is 11.3 Å². The smallest absolute Gasteiger partial charge is 0.224 e. The first-order valence-electron chi connectivity index (χ1n) is 10.7. The van der Waals surface area contributed by atoms with Crippen molar-refractivity contribution >= 4 is 23.2 Å². The van der Waals surface area contributed by atoms with E-state index in [0.717, 1.165) is 44.5 Å². The number of nitrogens with one attached hydrogen (secondary N) is 2. The number of thiophene rings is 1. The minimum Gasteiger partial charge on any atom is -0.357 e. The zero-order valence-electron chi connectivity index (χ0n) is 17.4. The van der Waals surface area contributed by atoms with Crippen LogP contribution in [0.15, 0.2) is 40.7 Å². The Morgan fingerprint density at radius 2 is 2.10 bits per heavy atom. The molecule has 4 rings (SSSR count). The Morgan fingerprint density at radius 1 is 1.27 bits per heavy atom. The molecule has 30 heavy (non-hydrogen) atoms. The van der Waals surface area contributed by atoms with Gasteiger partial charge in [0.2, 0.25) is 5.91 Å². The zero-order chi connectivity index (χ0) is 21.0. The molecule has 0 radical (unpaired) electrons. The molecular formula is C23H29FN4OS. The lowest BCUT2D eigenvalue weighted by Gasteiger charge is -2.27. The molecule has 5 nitrogen and oxygen atoms in total. The summed E-state index contributed by atoms with van der Waals surface area (Å²) < 4.78 is 14.2. The van der Waals surface area contributed by atoms with Gasteiger partial charge in [0.25, 0.3) is 0 Å². The van der Waals surface area contributed by atoms with Gasteiger partial charge in [0.1, 0.15) is 5.82 Å². The van der Waals surface area contributed by atoms with Crippen molar-refractivity contribution in [3.8, 4) is 0 Å². The lowest BCUT2D eigenvalue weighted by atomic mass is 9.95. The Labute approximate surface area is 181 Å². The molecule has 0 atom stereocenters. The minimum absolute atomic E-state index is 0.149. The number of rotatable bonds is 7. The van der Waals surface area contributed by atoms with Crippen LogP contribution in [0.25, 0.3) is 0 Å². The number of fused-ring (bicyclic) bond motifs is 1. The number of benzene rings is 1. The van der Waals surface area contributed by atoms with Crippen LogP contribution in [0, 0.1) is 5.82 Å². The monoisotopic (exact) mass is 428 g/mol. The standard InChI is InChI=1S/C23H29FN4OS/c1-2-25-22(27-16-23(10-11-23)18-5-3-4-6-19(18)24)26-12-7-21(29)28-13-8-20-17(15-28)9-14-30-20/h3-6,9,14H,2,7-8,10-13,15-16H2,1H3,(H2,25,26,27).